The molecule has 2 amide bonds. The van der Waals surface area contributed by atoms with Crippen LogP contribution < -0.4 is 15.8 Å². The van der Waals surface area contributed by atoms with Crippen LogP contribution in [0.15, 0.2) is 17.0 Å². The number of likely N-dealkylation sites (N-methyl/N-ethyl adjacent to an activating group) is 1. The van der Waals surface area contributed by atoms with Crippen molar-refractivity contribution in [1.29, 1.82) is 0 Å². The molecule has 0 spiro atoms. The fourth-order valence-corrected chi connectivity index (χ4v) is 2.98. The van der Waals surface area contributed by atoms with E-state index in [4.69, 9.17) is 9.88 Å². The SMILES string of the molecule is COCCCNC(=O)CN(C)CC(=O)Nc1cc(S(N)(=O)=O)cc(C)c1C. The van der Waals surface area contributed by atoms with Crippen LogP contribution in [0.25, 0.3) is 0 Å². The second kappa shape index (κ2) is 10.4. The van der Waals surface area contributed by atoms with Gasteiger partial charge in [0, 0.05) is 25.9 Å². The van der Waals surface area contributed by atoms with E-state index in [0.29, 0.717) is 30.8 Å². The van der Waals surface area contributed by atoms with E-state index in [1.54, 1.807) is 32.9 Å². The minimum Gasteiger partial charge on any atom is -0.385 e. The highest BCUT2D eigenvalue weighted by Crippen LogP contribution is 2.23. The van der Waals surface area contributed by atoms with Gasteiger partial charge in [0.25, 0.3) is 0 Å². The number of aryl methyl sites for hydroxylation is 1. The first-order valence-electron chi connectivity index (χ1n) is 8.42. The van der Waals surface area contributed by atoms with Crippen LogP contribution in [-0.2, 0) is 24.3 Å². The molecule has 152 valence electrons. The molecule has 0 saturated heterocycles. The van der Waals surface area contributed by atoms with Crippen molar-refractivity contribution in [2.24, 2.45) is 5.14 Å². The monoisotopic (exact) mass is 400 g/mol. The normalized spacial score (nSPS) is 11.5. The maximum absolute atomic E-state index is 12.2. The van der Waals surface area contributed by atoms with E-state index in [-0.39, 0.29) is 29.8 Å². The Morgan fingerprint density at radius 2 is 1.81 bits per heavy atom. The fourth-order valence-electron chi connectivity index (χ4n) is 2.36. The molecule has 9 nitrogen and oxygen atoms in total. The molecule has 10 heteroatoms. The summed E-state index contributed by atoms with van der Waals surface area (Å²) in [6.45, 7) is 4.62. The average Bonchev–Trinajstić information content (AvgIpc) is 2.54. The lowest BCUT2D eigenvalue weighted by molar-refractivity contribution is -0.123. The average molecular weight is 401 g/mol. The Morgan fingerprint density at radius 3 is 2.41 bits per heavy atom. The highest BCUT2D eigenvalue weighted by molar-refractivity contribution is 7.89. The molecule has 0 aliphatic heterocycles. The lowest BCUT2D eigenvalue weighted by Crippen LogP contribution is -2.39. The zero-order valence-electron chi connectivity index (χ0n) is 16.2. The highest BCUT2D eigenvalue weighted by atomic mass is 32.2. The molecule has 0 radical (unpaired) electrons. The number of amides is 2. The number of rotatable bonds is 10. The van der Waals surface area contributed by atoms with Crippen LogP contribution in [0.1, 0.15) is 17.5 Å². The standard InChI is InChI=1S/C17H28N4O5S/c1-12-8-14(27(18,24)25)9-15(13(12)2)20-17(23)11-21(3)10-16(22)19-6-5-7-26-4/h8-9H,5-7,10-11H2,1-4H3,(H,19,22)(H,20,23)(H2,18,24,25). The number of ether oxygens (including phenoxy) is 1. The fraction of sp³-hybridized carbons (Fsp3) is 0.529. The van der Waals surface area contributed by atoms with Gasteiger partial charge >= 0.3 is 0 Å². The zero-order chi connectivity index (χ0) is 20.6. The largest absolute Gasteiger partial charge is 0.385 e. The third-order valence-corrected chi connectivity index (χ3v) is 4.81. The van der Waals surface area contributed by atoms with Crippen LogP contribution in [0, 0.1) is 13.8 Å². The summed E-state index contributed by atoms with van der Waals surface area (Å²) >= 11 is 0. The van der Waals surface area contributed by atoms with Gasteiger partial charge in [0.2, 0.25) is 21.8 Å². The number of carbonyl (C=O) groups is 2. The van der Waals surface area contributed by atoms with Crippen molar-refractivity contribution in [1.82, 2.24) is 10.2 Å². The van der Waals surface area contributed by atoms with E-state index < -0.39 is 10.0 Å². The maximum Gasteiger partial charge on any atom is 0.238 e. The summed E-state index contributed by atoms with van der Waals surface area (Å²) in [6.07, 6.45) is 0.714. The molecular weight excluding hydrogens is 372 g/mol. The number of benzene rings is 1. The minimum absolute atomic E-state index is 0.0242. The number of primary sulfonamides is 1. The number of anilines is 1. The van der Waals surface area contributed by atoms with E-state index in [1.165, 1.54) is 12.1 Å². The van der Waals surface area contributed by atoms with Gasteiger partial charge in [-0.25, -0.2) is 13.6 Å². The first-order valence-corrected chi connectivity index (χ1v) is 9.97. The van der Waals surface area contributed by atoms with Gasteiger partial charge in [0.1, 0.15) is 0 Å². The smallest absolute Gasteiger partial charge is 0.238 e. The Bertz CT molecular complexity index is 780. The molecule has 27 heavy (non-hydrogen) atoms. The summed E-state index contributed by atoms with van der Waals surface area (Å²) in [5.74, 6) is -0.552. The number of sulfonamides is 1. The molecule has 1 aromatic carbocycles. The second-order valence-electron chi connectivity index (χ2n) is 6.37. The third kappa shape index (κ3) is 8.04. The highest BCUT2D eigenvalue weighted by Gasteiger charge is 2.16. The van der Waals surface area contributed by atoms with Crippen molar-refractivity contribution in [3.8, 4) is 0 Å². The van der Waals surface area contributed by atoms with Crippen LogP contribution in [0.2, 0.25) is 0 Å². The van der Waals surface area contributed by atoms with Gasteiger partial charge in [0.05, 0.1) is 18.0 Å². The summed E-state index contributed by atoms with van der Waals surface area (Å²) in [5.41, 5.74) is 1.82. The van der Waals surface area contributed by atoms with Crippen LogP contribution in [-0.4, -0.2) is 65.5 Å². The zero-order valence-corrected chi connectivity index (χ0v) is 17.0. The van der Waals surface area contributed by atoms with Gasteiger partial charge in [-0.3, -0.25) is 14.5 Å². The number of methoxy groups -OCH3 is 1. The minimum atomic E-state index is -3.88. The van der Waals surface area contributed by atoms with Crippen molar-refractivity contribution < 1.29 is 22.7 Å². The van der Waals surface area contributed by atoms with Gasteiger partial charge < -0.3 is 15.4 Å². The summed E-state index contributed by atoms with van der Waals surface area (Å²) in [5, 5.41) is 10.6. The van der Waals surface area contributed by atoms with Crippen LogP contribution >= 0.6 is 0 Å². The first-order chi connectivity index (χ1) is 12.5. The summed E-state index contributed by atoms with van der Waals surface area (Å²) < 4.78 is 28.0. The molecule has 0 unspecified atom stereocenters. The first kappa shape index (κ1) is 23.0. The van der Waals surface area contributed by atoms with Gasteiger partial charge in [-0.15, -0.1) is 0 Å². The molecular formula is C17H28N4O5S. The van der Waals surface area contributed by atoms with Gasteiger partial charge in [-0.1, -0.05) is 0 Å². The second-order valence-corrected chi connectivity index (χ2v) is 7.94. The summed E-state index contributed by atoms with van der Waals surface area (Å²) in [7, 11) is -0.637. The van der Waals surface area contributed by atoms with E-state index in [2.05, 4.69) is 10.6 Å². The third-order valence-electron chi connectivity index (χ3n) is 3.92. The topological polar surface area (TPSA) is 131 Å². The van der Waals surface area contributed by atoms with E-state index in [0.717, 1.165) is 5.56 Å². The van der Waals surface area contributed by atoms with Crippen LogP contribution in [0.5, 0.6) is 0 Å². The molecule has 1 rings (SSSR count). The predicted octanol–water partition coefficient (Wildman–Crippen LogP) is -0.0262. The summed E-state index contributed by atoms with van der Waals surface area (Å²) in [6, 6.07) is 2.79. The van der Waals surface area contributed by atoms with Crippen molar-refractivity contribution in [2.45, 2.75) is 25.2 Å². The van der Waals surface area contributed by atoms with E-state index >= 15 is 0 Å². The molecule has 4 N–H and O–H groups in total. The lowest BCUT2D eigenvalue weighted by Gasteiger charge is -2.17. The number of nitrogens with one attached hydrogen (secondary N) is 2. The van der Waals surface area contributed by atoms with Crippen LogP contribution in [0.4, 0.5) is 5.69 Å². The molecule has 0 atom stereocenters. The van der Waals surface area contributed by atoms with E-state index in [9.17, 15) is 18.0 Å². The molecule has 0 aliphatic rings. The molecule has 0 aliphatic carbocycles. The molecule has 1 aromatic rings. The number of nitrogens with two attached hydrogens (primary N) is 1. The molecule has 0 fully saturated rings. The summed E-state index contributed by atoms with van der Waals surface area (Å²) in [4.78, 5) is 25.5. The lowest BCUT2D eigenvalue weighted by atomic mass is 10.1. The maximum atomic E-state index is 12.2. The number of carbonyl (C=O) groups excluding carboxylic acids is 2. The Morgan fingerprint density at radius 1 is 1.19 bits per heavy atom. The number of nitrogens with zero attached hydrogens (tertiary/aromatic N) is 1. The number of hydrogen-bond acceptors (Lipinski definition) is 6. The molecule has 0 heterocycles. The van der Waals surface area contributed by atoms with Crippen molar-refractivity contribution in [2.75, 3.05) is 45.7 Å². The van der Waals surface area contributed by atoms with Gasteiger partial charge in [-0.2, -0.15) is 0 Å². The van der Waals surface area contributed by atoms with Crippen molar-refractivity contribution >= 4 is 27.5 Å². The van der Waals surface area contributed by atoms with Gasteiger partial charge in [-0.05, 0) is 50.6 Å². The van der Waals surface area contributed by atoms with Gasteiger partial charge in [0.15, 0.2) is 0 Å². The quantitative estimate of drug-likeness (QED) is 0.473. The van der Waals surface area contributed by atoms with Crippen LogP contribution in [0.3, 0.4) is 0 Å². The van der Waals surface area contributed by atoms with Crippen molar-refractivity contribution in [3.63, 3.8) is 0 Å². The Hall–Kier alpha value is -2.01. The Labute approximate surface area is 160 Å². The Balaban J connectivity index is 2.64. The van der Waals surface area contributed by atoms with E-state index in [1.807, 2.05) is 0 Å². The number of hydrogen-bond donors (Lipinski definition) is 3. The van der Waals surface area contributed by atoms with Crippen molar-refractivity contribution in [3.05, 3.63) is 23.3 Å². The molecule has 0 aromatic heterocycles. The molecule has 0 bridgehead atoms. The Kier molecular flexibility index (Phi) is 8.83. The predicted molar refractivity (Wildman–Crippen MR) is 103 cm³/mol. The molecule has 0 saturated carbocycles.